The Morgan fingerprint density at radius 1 is 0.804 bits per heavy atom. The van der Waals surface area contributed by atoms with Gasteiger partial charge in [0.25, 0.3) is 0 Å². The molecule has 0 spiro atoms. The highest BCUT2D eigenvalue weighted by atomic mass is 28.4. The van der Waals surface area contributed by atoms with E-state index in [0.717, 1.165) is 19.3 Å². The Morgan fingerprint density at radius 2 is 1.35 bits per heavy atom. The molecule has 296 valence electrons. The highest BCUT2D eigenvalue weighted by Gasteiger charge is 2.51. The third kappa shape index (κ3) is 11.8. The van der Waals surface area contributed by atoms with Crippen molar-refractivity contribution in [3.8, 4) is 0 Å². The predicted molar refractivity (Wildman–Crippen MR) is 226 cm³/mol. The summed E-state index contributed by atoms with van der Waals surface area (Å²) in [5.41, 5.74) is 3.28. The summed E-state index contributed by atoms with van der Waals surface area (Å²) in [5, 5.41) is 0.253. The maximum Gasteiger partial charge on any atom is 0.192 e. The minimum Gasteiger partial charge on any atom is -0.411 e. The van der Waals surface area contributed by atoms with Crippen LogP contribution in [0.5, 0.6) is 0 Å². The molecule has 3 unspecified atom stereocenters. The number of methoxy groups -OCH3 is 1. The van der Waals surface area contributed by atoms with E-state index in [1.54, 1.807) is 12.7 Å². The standard InChI is InChI=1S/C43H82O5Si3/c1-32(21-19-27-42(8,9)45-31-44-11)35-25-26-36-34(22-20-28-43(35,36)10)24-23-33-29-37(46-50(15,16)40(2,3)4)39(48-49(12,13)14)38(30-33)47-51(17,18)41(5,6)7/h19,21,23-24,32,35-39H,20,22,25-31H2,1-18H3/t32-,35?,36?,37-,38-,39?,43?/m1/s1. The van der Waals surface area contributed by atoms with E-state index in [4.69, 9.17) is 22.8 Å². The minimum atomic E-state index is -2.06. The Hall–Kier alpha value is -0.329. The van der Waals surface area contributed by atoms with Gasteiger partial charge in [0.2, 0.25) is 0 Å². The van der Waals surface area contributed by atoms with Gasteiger partial charge >= 0.3 is 0 Å². The Morgan fingerprint density at radius 3 is 1.84 bits per heavy atom. The third-order valence-electron chi connectivity index (χ3n) is 13.5. The summed E-state index contributed by atoms with van der Waals surface area (Å²) in [6.45, 7) is 40.3. The summed E-state index contributed by atoms with van der Waals surface area (Å²) in [4.78, 5) is 0. The second-order valence-electron chi connectivity index (χ2n) is 21.4. The smallest absolute Gasteiger partial charge is 0.192 e. The van der Waals surface area contributed by atoms with Gasteiger partial charge in [-0.05, 0) is 144 Å². The summed E-state index contributed by atoms with van der Waals surface area (Å²) in [6, 6.07) is 0. The van der Waals surface area contributed by atoms with Crippen molar-refractivity contribution in [1.29, 1.82) is 0 Å². The molecule has 6 atom stereocenters. The van der Waals surface area contributed by atoms with Gasteiger partial charge in [-0.3, -0.25) is 0 Å². The second-order valence-corrected chi connectivity index (χ2v) is 35.4. The van der Waals surface area contributed by atoms with Crippen LogP contribution in [-0.2, 0) is 22.8 Å². The molecule has 3 fully saturated rings. The molecule has 0 amide bonds. The highest BCUT2D eigenvalue weighted by Crippen LogP contribution is 2.59. The van der Waals surface area contributed by atoms with Gasteiger partial charge in [-0.1, -0.05) is 90.8 Å². The van der Waals surface area contributed by atoms with Crippen molar-refractivity contribution in [1.82, 2.24) is 0 Å². The fourth-order valence-corrected chi connectivity index (χ4v) is 12.2. The van der Waals surface area contributed by atoms with Crippen LogP contribution in [0.3, 0.4) is 0 Å². The zero-order valence-electron chi connectivity index (χ0n) is 36.7. The molecular weight excluding hydrogens is 681 g/mol. The molecule has 0 heterocycles. The van der Waals surface area contributed by atoms with Gasteiger partial charge in [0.05, 0.1) is 23.9 Å². The number of hydrogen-bond acceptors (Lipinski definition) is 5. The first-order valence-corrected chi connectivity index (χ1v) is 29.6. The summed E-state index contributed by atoms with van der Waals surface area (Å²) < 4.78 is 32.8. The monoisotopic (exact) mass is 763 g/mol. The lowest BCUT2D eigenvalue weighted by molar-refractivity contribution is -0.112. The largest absolute Gasteiger partial charge is 0.411 e. The van der Waals surface area contributed by atoms with Crippen LogP contribution in [0.25, 0.3) is 0 Å². The number of allylic oxidation sites excluding steroid dienone is 4. The van der Waals surface area contributed by atoms with E-state index >= 15 is 0 Å². The van der Waals surface area contributed by atoms with Gasteiger partial charge in [-0.15, -0.1) is 0 Å². The zero-order valence-corrected chi connectivity index (χ0v) is 39.7. The van der Waals surface area contributed by atoms with Crippen molar-refractivity contribution in [3.05, 3.63) is 35.5 Å². The first kappa shape index (κ1) is 45.1. The van der Waals surface area contributed by atoms with E-state index in [9.17, 15) is 0 Å². The van der Waals surface area contributed by atoms with Crippen molar-refractivity contribution in [2.75, 3.05) is 13.9 Å². The van der Waals surface area contributed by atoms with Crippen LogP contribution in [0, 0.1) is 23.2 Å². The minimum absolute atomic E-state index is 0.00998. The van der Waals surface area contributed by atoms with Gasteiger partial charge in [0.15, 0.2) is 25.0 Å². The predicted octanol–water partition coefficient (Wildman–Crippen LogP) is 12.8. The molecule has 0 aliphatic heterocycles. The molecule has 0 aromatic carbocycles. The maximum atomic E-state index is 7.34. The van der Waals surface area contributed by atoms with Crippen LogP contribution in [0.2, 0.25) is 55.9 Å². The molecule has 5 nitrogen and oxygen atoms in total. The fourth-order valence-electron chi connectivity index (χ4n) is 8.44. The van der Waals surface area contributed by atoms with Crippen LogP contribution in [0.1, 0.15) is 121 Å². The Balaban J connectivity index is 1.93. The summed E-state index contributed by atoms with van der Waals surface area (Å²) in [7, 11) is -4.31. The average Bonchev–Trinajstić information content (AvgIpc) is 3.32. The normalized spacial score (nSPS) is 30.3. The Kier molecular flexibility index (Phi) is 14.9. The lowest BCUT2D eigenvalue weighted by Crippen LogP contribution is -2.58. The Labute approximate surface area is 319 Å². The third-order valence-corrected chi connectivity index (χ3v) is 23.5. The quantitative estimate of drug-likeness (QED) is 0.100. The molecule has 0 saturated heterocycles. The summed E-state index contributed by atoms with van der Waals surface area (Å²) in [5.74, 6) is 1.92. The molecule has 0 aromatic rings. The number of ether oxygens (including phenoxy) is 2. The van der Waals surface area contributed by atoms with Gasteiger partial charge in [0.1, 0.15) is 6.79 Å². The molecule has 3 aliphatic carbocycles. The van der Waals surface area contributed by atoms with Crippen LogP contribution >= 0.6 is 0 Å². The van der Waals surface area contributed by atoms with E-state index in [-0.39, 0.29) is 34.0 Å². The number of hydrogen-bond donors (Lipinski definition) is 0. The molecule has 0 bridgehead atoms. The van der Waals surface area contributed by atoms with Gasteiger partial charge in [-0.25, -0.2) is 0 Å². The summed E-state index contributed by atoms with van der Waals surface area (Å²) in [6.07, 6.45) is 19.1. The van der Waals surface area contributed by atoms with Crippen molar-refractivity contribution in [3.63, 3.8) is 0 Å². The first-order chi connectivity index (χ1) is 23.1. The van der Waals surface area contributed by atoms with Crippen LogP contribution < -0.4 is 0 Å². The molecule has 0 radical (unpaired) electrons. The fraction of sp³-hybridized carbons (Fsp3) is 0.860. The van der Waals surface area contributed by atoms with E-state index in [1.807, 2.05) is 0 Å². The molecule has 3 saturated carbocycles. The van der Waals surface area contributed by atoms with Crippen molar-refractivity contribution in [2.45, 2.75) is 200 Å². The lowest BCUT2D eigenvalue weighted by Gasteiger charge is -2.49. The first-order valence-electron chi connectivity index (χ1n) is 20.3. The number of fused-ring (bicyclic) bond motifs is 1. The van der Waals surface area contributed by atoms with Crippen molar-refractivity contribution < 1.29 is 22.8 Å². The highest BCUT2D eigenvalue weighted by molar-refractivity contribution is 6.74. The molecule has 51 heavy (non-hydrogen) atoms. The second kappa shape index (κ2) is 16.8. The van der Waals surface area contributed by atoms with Crippen LogP contribution in [0.4, 0.5) is 0 Å². The zero-order chi connectivity index (χ0) is 38.8. The van der Waals surface area contributed by atoms with E-state index in [2.05, 4.69) is 139 Å². The van der Waals surface area contributed by atoms with E-state index < -0.39 is 25.0 Å². The molecule has 3 aliphatic rings. The molecular formula is C43H82O5Si3. The Bertz CT molecular complexity index is 1190. The topological polar surface area (TPSA) is 46.2 Å². The van der Waals surface area contributed by atoms with E-state index in [0.29, 0.717) is 30.0 Å². The van der Waals surface area contributed by atoms with Crippen LogP contribution in [0.15, 0.2) is 35.5 Å². The average molecular weight is 763 g/mol. The van der Waals surface area contributed by atoms with Gasteiger partial charge < -0.3 is 22.8 Å². The molecule has 8 heteroatoms. The van der Waals surface area contributed by atoms with Crippen LogP contribution in [-0.4, -0.2) is 62.8 Å². The summed E-state index contributed by atoms with van der Waals surface area (Å²) >= 11 is 0. The van der Waals surface area contributed by atoms with Crippen molar-refractivity contribution >= 4 is 25.0 Å². The number of rotatable bonds is 14. The molecule has 0 aromatic heterocycles. The van der Waals surface area contributed by atoms with Gasteiger partial charge in [0, 0.05) is 7.11 Å². The lowest BCUT2D eigenvalue weighted by atomic mass is 9.61. The van der Waals surface area contributed by atoms with E-state index in [1.165, 1.54) is 37.7 Å². The molecule has 0 N–H and O–H groups in total. The van der Waals surface area contributed by atoms with Crippen molar-refractivity contribution in [2.24, 2.45) is 23.2 Å². The molecule has 3 rings (SSSR count). The SMILES string of the molecule is COCOC(C)(C)CC=C[C@@H](C)C1CCC2C(=CC=C3C[C@@H](O[Si](C)(C)C(C)(C)C)C(O[Si](C)(C)C)[C@H](O[Si](C)(C)C(C)(C)C)C3)CCCC21C. The maximum absolute atomic E-state index is 7.34. The van der Waals surface area contributed by atoms with Gasteiger partial charge in [-0.2, -0.15) is 0 Å².